The molecule has 0 radical (unpaired) electrons. The Labute approximate surface area is 171 Å². The molecule has 2 saturated heterocycles. The molecule has 2 aliphatic rings. The van der Waals surface area contributed by atoms with Crippen molar-refractivity contribution in [2.45, 2.75) is 38.0 Å². The zero-order valence-corrected chi connectivity index (χ0v) is 17.2. The summed E-state index contributed by atoms with van der Waals surface area (Å²) >= 11 is 6.48. The highest BCUT2D eigenvalue weighted by Crippen LogP contribution is 2.36. The van der Waals surface area contributed by atoms with Gasteiger partial charge in [-0.15, -0.1) is 0 Å². The lowest BCUT2D eigenvalue weighted by molar-refractivity contribution is 0.0836. The quantitative estimate of drug-likeness (QED) is 0.511. The maximum atomic E-state index is 6.48. The van der Waals surface area contributed by atoms with Crippen LogP contribution in [0.25, 0.3) is 10.9 Å². The fourth-order valence-corrected chi connectivity index (χ4v) is 4.24. The number of hydrogen-bond acceptors (Lipinski definition) is 6. The number of aromatic nitrogens is 2. The first-order valence-electron chi connectivity index (χ1n) is 10.2. The molecule has 152 valence electrons. The van der Waals surface area contributed by atoms with E-state index in [0.717, 1.165) is 55.7 Å². The third-order valence-electron chi connectivity index (χ3n) is 5.61. The fourth-order valence-electron chi connectivity index (χ4n) is 4.00. The molecular formula is C21H28ClN3O3. The van der Waals surface area contributed by atoms with E-state index in [-0.39, 0.29) is 0 Å². The number of benzene rings is 1. The normalized spacial score (nSPS) is 18.6. The van der Waals surface area contributed by atoms with Crippen LogP contribution in [0.5, 0.6) is 11.5 Å². The third-order valence-corrected chi connectivity index (χ3v) is 5.90. The Hall–Kier alpha value is -1.63. The van der Waals surface area contributed by atoms with Crippen LogP contribution in [0.4, 0.5) is 0 Å². The van der Waals surface area contributed by atoms with E-state index in [1.54, 1.807) is 7.11 Å². The molecule has 0 N–H and O–H groups in total. The molecule has 2 fully saturated rings. The summed E-state index contributed by atoms with van der Waals surface area (Å²) in [4.78, 5) is 11.8. The smallest absolute Gasteiger partial charge is 0.163 e. The van der Waals surface area contributed by atoms with Gasteiger partial charge in [-0.1, -0.05) is 11.6 Å². The highest BCUT2D eigenvalue weighted by Gasteiger charge is 2.21. The number of likely N-dealkylation sites (tertiary alicyclic amines) is 1. The summed E-state index contributed by atoms with van der Waals surface area (Å²) in [5, 5.41) is 1.25. The largest absolute Gasteiger partial charge is 0.493 e. The van der Waals surface area contributed by atoms with Crippen molar-refractivity contribution in [3.05, 3.63) is 23.1 Å². The Bertz CT molecular complexity index is 805. The van der Waals surface area contributed by atoms with Crippen molar-refractivity contribution in [1.82, 2.24) is 14.9 Å². The average Bonchev–Trinajstić information content (AvgIpc) is 3.25. The first kappa shape index (κ1) is 19.7. The lowest BCUT2D eigenvalue weighted by atomic mass is 9.99. The Morgan fingerprint density at radius 2 is 1.93 bits per heavy atom. The van der Waals surface area contributed by atoms with Gasteiger partial charge in [-0.2, -0.15) is 0 Å². The summed E-state index contributed by atoms with van der Waals surface area (Å²) in [5.74, 6) is 2.47. The zero-order chi connectivity index (χ0) is 19.3. The SMILES string of the molecule is COc1cc2c(Cl)nc(C3CCOCC3)nc2cc1OCCCN1CCCC1. The van der Waals surface area contributed by atoms with Gasteiger partial charge in [0.2, 0.25) is 0 Å². The molecule has 2 aromatic rings. The maximum Gasteiger partial charge on any atom is 0.163 e. The summed E-state index contributed by atoms with van der Waals surface area (Å²) in [6.45, 7) is 5.66. The van der Waals surface area contributed by atoms with Crippen LogP contribution < -0.4 is 9.47 Å². The number of methoxy groups -OCH3 is 1. The Kier molecular flexibility index (Phi) is 6.50. The second-order valence-corrected chi connectivity index (χ2v) is 7.89. The topological polar surface area (TPSA) is 56.7 Å². The van der Waals surface area contributed by atoms with Crippen molar-refractivity contribution < 1.29 is 14.2 Å². The molecule has 4 rings (SSSR count). The fraction of sp³-hybridized carbons (Fsp3) is 0.619. The molecule has 6 nitrogen and oxygen atoms in total. The average molecular weight is 406 g/mol. The zero-order valence-electron chi connectivity index (χ0n) is 16.5. The van der Waals surface area contributed by atoms with E-state index < -0.39 is 0 Å². The lowest BCUT2D eigenvalue weighted by Gasteiger charge is -2.21. The van der Waals surface area contributed by atoms with Gasteiger partial charge in [0, 0.05) is 37.1 Å². The molecule has 0 amide bonds. The van der Waals surface area contributed by atoms with Gasteiger partial charge in [0.1, 0.15) is 11.0 Å². The number of fused-ring (bicyclic) bond motifs is 1. The molecule has 1 aromatic heterocycles. The Morgan fingerprint density at radius 3 is 2.68 bits per heavy atom. The van der Waals surface area contributed by atoms with Crippen LogP contribution in [0.1, 0.15) is 43.8 Å². The second-order valence-electron chi connectivity index (χ2n) is 7.53. The van der Waals surface area contributed by atoms with E-state index in [1.165, 1.54) is 25.9 Å². The lowest BCUT2D eigenvalue weighted by Crippen LogP contribution is -2.21. The van der Waals surface area contributed by atoms with Crippen molar-refractivity contribution in [1.29, 1.82) is 0 Å². The molecule has 7 heteroatoms. The first-order valence-corrected chi connectivity index (χ1v) is 10.6. The van der Waals surface area contributed by atoms with Gasteiger partial charge in [-0.3, -0.25) is 0 Å². The number of rotatable bonds is 7. The maximum absolute atomic E-state index is 6.48. The van der Waals surface area contributed by atoms with Gasteiger partial charge in [0.05, 0.1) is 19.2 Å². The van der Waals surface area contributed by atoms with Gasteiger partial charge in [0.25, 0.3) is 0 Å². The van der Waals surface area contributed by atoms with Crippen LogP contribution in [-0.4, -0.2) is 61.4 Å². The third kappa shape index (κ3) is 4.50. The van der Waals surface area contributed by atoms with Crippen molar-refractivity contribution >= 4 is 22.5 Å². The molecule has 0 bridgehead atoms. The number of ether oxygens (including phenoxy) is 3. The van der Waals surface area contributed by atoms with Gasteiger partial charge in [-0.05, 0) is 51.3 Å². The molecular weight excluding hydrogens is 378 g/mol. The highest BCUT2D eigenvalue weighted by molar-refractivity contribution is 6.34. The van der Waals surface area contributed by atoms with E-state index in [9.17, 15) is 0 Å². The number of hydrogen-bond donors (Lipinski definition) is 0. The van der Waals surface area contributed by atoms with Gasteiger partial charge in [0.15, 0.2) is 11.5 Å². The van der Waals surface area contributed by atoms with E-state index >= 15 is 0 Å². The molecule has 3 heterocycles. The Morgan fingerprint density at radius 1 is 1.14 bits per heavy atom. The van der Waals surface area contributed by atoms with Crippen molar-refractivity contribution in [2.24, 2.45) is 0 Å². The first-order chi connectivity index (χ1) is 13.7. The van der Waals surface area contributed by atoms with Crippen molar-refractivity contribution in [3.63, 3.8) is 0 Å². The molecule has 0 atom stereocenters. The molecule has 0 spiro atoms. The predicted octanol–water partition coefficient (Wildman–Crippen LogP) is 4.05. The van der Waals surface area contributed by atoms with Crippen LogP contribution in [0, 0.1) is 0 Å². The molecule has 0 unspecified atom stereocenters. The summed E-state index contributed by atoms with van der Waals surface area (Å²) in [6, 6.07) is 3.81. The second kappa shape index (κ2) is 9.25. The van der Waals surface area contributed by atoms with E-state index in [2.05, 4.69) is 9.88 Å². The molecule has 28 heavy (non-hydrogen) atoms. The standard InChI is InChI=1S/C21H28ClN3O3/c1-26-18-13-16-17(14-19(18)28-10-4-9-25-7-2-3-8-25)23-21(24-20(16)22)15-5-11-27-12-6-15/h13-15H,2-12H2,1H3. The minimum atomic E-state index is 0.294. The van der Waals surface area contributed by atoms with Crippen LogP contribution in [0.15, 0.2) is 12.1 Å². The van der Waals surface area contributed by atoms with Gasteiger partial charge in [-0.25, -0.2) is 9.97 Å². The minimum Gasteiger partial charge on any atom is -0.493 e. The molecule has 0 saturated carbocycles. The minimum absolute atomic E-state index is 0.294. The van der Waals surface area contributed by atoms with Crippen molar-refractivity contribution in [3.8, 4) is 11.5 Å². The summed E-state index contributed by atoms with van der Waals surface area (Å²) < 4.78 is 17.0. The van der Waals surface area contributed by atoms with E-state index in [4.69, 9.17) is 30.8 Å². The van der Waals surface area contributed by atoms with Crippen LogP contribution in [-0.2, 0) is 4.74 Å². The number of halogens is 1. The number of nitrogens with zero attached hydrogens (tertiary/aromatic N) is 3. The van der Waals surface area contributed by atoms with Crippen LogP contribution >= 0.6 is 11.6 Å². The highest BCUT2D eigenvalue weighted by atomic mass is 35.5. The molecule has 1 aromatic carbocycles. The monoisotopic (exact) mass is 405 g/mol. The Balaban J connectivity index is 1.51. The summed E-state index contributed by atoms with van der Waals surface area (Å²) in [6.07, 6.45) is 5.49. The predicted molar refractivity (Wildman–Crippen MR) is 110 cm³/mol. The van der Waals surface area contributed by atoms with Crippen LogP contribution in [0.3, 0.4) is 0 Å². The van der Waals surface area contributed by atoms with E-state index in [0.29, 0.717) is 29.2 Å². The molecule has 0 aliphatic carbocycles. The van der Waals surface area contributed by atoms with Gasteiger partial charge >= 0.3 is 0 Å². The van der Waals surface area contributed by atoms with Gasteiger partial charge < -0.3 is 19.1 Å². The summed E-state index contributed by atoms with van der Waals surface area (Å²) in [7, 11) is 1.64. The van der Waals surface area contributed by atoms with Crippen LogP contribution in [0.2, 0.25) is 5.15 Å². The van der Waals surface area contributed by atoms with Crippen molar-refractivity contribution in [2.75, 3.05) is 46.6 Å². The van der Waals surface area contributed by atoms with E-state index in [1.807, 2.05) is 12.1 Å². The summed E-state index contributed by atoms with van der Waals surface area (Å²) in [5.41, 5.74) is 0.803. The molecule has 2 aliphatic heterocycles.